The van der Waals surface area contributed by atoms with Gasteiger partial charge in [0.25, 0.3) is 0 Å². The molecule has 0 aliphatic carbocycles. The third-order valence-corrected chi connectivity index (χ3v) is 4.36. The third-order valence-electron chi connectivity index (χ3n) is 4.36. The number of aromatic hydroxyl groups is 1. The molecule has 6 nitrogen and oxygen atoms in total. The predicted octanol–water partition coefficient (Wildman–Crippen LogP) is 1.28. The molecule has 0 aromatic heterocycles. The number of aliphatic hydroxyl groups is 1. The van der Waals surface area contributed by atoms with E-state index in [1.165, 1.54) is 0 Å². The van der Waals surface area contributed by atoms with Crippen LogP contribution in [0.1, 0.15) is 25.3 Å². The lowest BCUT2D eigenvalue weighted by Gasteiger charge is -2.24. The van der Waals surface area contributed by atoms with Gasteiger partial charge in [0.15, 0.2) is 5.96 Å². The molecule has 1 heterocycles. The molecular weight excluding hydrogens is 306 g/mol. The zero-order chi connectivity index (χ0) is 17.3. The van der Waals surface area contributed by atoms with Crippen LogP contribution in [0, 0.1) is 5.41 Å². The molecule has 1 fully saturated rings. The van der Waals surface area contributed by atoms with Crippen LogP contribution in [0.5, 0.6) is 5.75 Å². The summed E-state index contributed by atoms with van der Waals surface area (Å²) in [5.74, 6) is 1.07. The molecule has 1 aliphatic heterocycles. The lowest BCUT2D eigenvalue weighted by Crippen LogP contribution is -2.39. The quantitative estimate of drug-likeness (QED) is 0.425. The minimum atomic E-state index is -0.0394. The van der Waals surface area contributed by atoms with Gasteiger partial charge in [-0.25, -0.2) is 0 Å². The standard InChI is InChI=1S/C18H29N3O3/c1-2-19-17(20-9-6-15-4-3-5-16(23)12-15)21-13-18(7-10-22)8-11-24-14-18/h3-5,12,22-23H,2,6-11,13-14H2,1H3,(H2,19,20,21). The van der Waals surface area contributed by atoms with Gasteiger partial charge in [-0.15, -0.1) is 0 Å². The molecule has 1 saturated heterocycles. The van der Waals surface area contributed by atoms with Gasteiger partial charge in [0.05, 0.1) is 13.2 Å². The van der Waals surface area contributed by atoms with Crippen molar-refractivity contribution in [2.24, 2.45) is 10.4 Å². The summed E-state index contributed by atoms with van der Waals surface area (Å²) < 4.78 is 5.51. The second kappa shape index (κ2) is 9.49. The van der Waals surface area contributed by atoms with Crippen LogP contribution >= 0.6 is 0 Å². The first-order valence-corrected chi connectivity index (χ1v) is 8.66. The van der Waals surface area contributed by atoms with Gasteiger partial charge in [-0.05, 0) is 43.9 Å². The van der Waals surface area contributed by atoms with Crippen LogP contribution in [0.2, 0.25) is 0 Å². The number of phenolic OH excluding ortho intramolecular Hbond substituents is 1. The molecular formula is C18H29N3O3. The lowest BCUT2D eigenvalue weighted by molar-refractivity contribution is 0.131. The smallest absolute Gasteiger partial charge is 0.191 e. The van der Waals surface area contributed by atoms with Gasteiger partial charge in [0.2, 0.25) is 0 Å². The fraction of sp³-hybridized carbons (Fsp3) is 0.611. The summed E-state index contributed by atoms with van der Waals surface area (Å²) in [6.07, 6.45) is 2.47. The Morgan fingerprint density at radius 3 is 2.92 bits per heavy atom. The molecule has 1 aliphatic rings. The molecule has 24 heavy (non-hydrogen) atoms. The Kier molecular flexibility index (Phi) is 7.34. The number of hydrogen-bond donors (Lipinski definition) is 4. The van der Waals surface area contributed by atoms with Gasteiger partial charge >= 0.3 is 0 Å². The molecule has 0 amide bonds. The SMILES string of the molecule is CCNC(=NCC1(CCO)CCOC1)NCCc1cccc(O)c1. The fourth-order valence-electron chi connectivity index (χ4n) is 2.91. The van der Waals surface area contributed by atoms with Crippen molar-refractivity contribution in [3.63, 3.8) is 0 Å². The summed E-state index contributed by atoms with van der Waals surface area (Å²) >= 11 is 0. The number of nitrogens with one attached hydrogen (secondary N) is 2. The summed E-state index contributed by atoms with van der Waals surface area (Å²) in [6.45, 7) is 5.79. The van der Waals surface area contributed by atoms with Crippen LogP contribution in [0.15, 0.2) is 29.3 Å². The highest BCUT2D eigenvalue weighted by Crippen LogP contribution is 2.32. The topological polar surface area (TPSA) is 86.1 Å². The van der Waals surface area contributed by atoms with Crippen molar-refractivity contribution in [1.29, 1.82) is 0 Å². The molecule has 6 heteroatoms. The highest BCUT2D eigenvalue weighted by molar-refractivity contribution is 5.79. The van der Waals surface area contributed by atoms with E-state index in [9.17, 15) is 10.2 Å². The van der Waals surface area contributed by atoms with Crippen molar-refractivity contribution >= 4 is 5.96 Å². The average Bonchev–Trinajstić information content (AvgIpc) is 3.02. The van der Waals surface area contributed by atoms with Crippen molar-refractivity contribution in [2.45, 2.75) is 26.2 Å². The second-order valence-electron chi connectivity index (χ2n) is 6.32. The zero-order valence-electron chi connectivity index (χ0n) is 14.4. The molecule has 0 spiro atoms. The molecule has 134 valence electrons. The van der Waals surface area contributed by atoms with Crippen LogP contribution in [0.4, 0.5) is 0 Å². The molecule has 4 N–H and O–H groups in total. The van der Waals surface area contributed by atoms with E-state index in [-0.39, 0.29) is 12.0 Å². The summed E-state index contributed by atoms with van der Waals surface area (Å²) in [5, 5.41) is 25.4. The first-order chi connectivity index (χ1) is 11.7. The molecule has 0 radical (unpaired) electrons. The number of ether oxygens (including phenoxy) is 1. The van der Waals surface area contributed by atoms with Gasteiger partial charge in [-0.1, -0.05) is 12.1 Å². The molecule has 1 aromatic rings. The summed E-state index contributed by atoms with van der Waals surface area (Å²) in [4.78, 5) is 4.69. The first-order valence-electron chi connectivity index (χ1n) is 8.66. The predicted molar refractivity (Wildman–Crippen MR) is 95.4 cm³/mol. The maximum atomic E-state index is 9.50. The highest BCUT2D eigenvalue weighted by atomic mass is 16.5. The van der Waals surface area contributed by atoms with Crippen molar-refractivity contribution < 1.29 is 14.9 Å². The van der Waals surface area contributed by atoms with Gasteiger partial charge in [-0.2, -0.15) is 0 Å². The van der Waals surface area contributed by atoms with E-state index in [1.807, 2.05) is 19.1 Å². The Hall–Kier alpha value is -1.79. The number of benzene rings is 1. The van der Waals surface area contributed by atoms with E-state index in [1.54, 1.807) is 12.1 Å². The molecule has 1 atom stereocenters. The Morgan fingerprint density at radius 2 is 2.25 bits per heavy atom. The Balaban J connectivity index is 1.88. The van der Waals surface area contributed by atoms with E-state index in [0.717, 1.165) is 50.5 Å². The molecule has 0 bridgehead atoms. The first kappa shape index (κ1) is 18.5. The number of phenols is 1. The number of nitrogens with zero attached hydrogens (tertiary/aromatic N) is 1. The van der Waals surface area contributed by atoms with Gasteiger partial charge in [-0.3, -0.25) is 4.99 Å². The van der Waals surface area contributed by atoms with E-state index < -0.39 is 0 Å². The summed E-state index contributed by atoms with van der Waals surface area (Å²) in [5.41, 5.74) is 1.04. The summed E-state index contributed by atoms with van der Waals surface area (Å²) in [7, 11) is 0. The minimum absolute atomic E-state index is 0.0394. The maximum absolute atomic E-state index is 9.50. The van der Waals surface area contributed by atoms with Crippen LogP contribution < -0.4 is 10.6 Å². The molecule has 0 saturated carbocycles. The number of aliphatic hydroxyl groups excluding tert-OH is 1. The number of rotatable bonds is 8. The van der Waals surface area contributed by atoms with E-state index in [4.69, 9.17) is 4.74 Å². The van der Waals surface area contributed by atoms with Crippen molar-refractivity contribution in [2.75, 3.05) is 39.5 Å². The van der Waals surface area contributed by atoms with Crippen LogP contribution in [0.3, 0.4) is 0 Å². The fourth-order valence-corrected chi connectivity index (χ4v) is 2.91. The van der Waals surface area contributed by atoms with Crippen molar-refractivity contribution in [1.82, 2.24) is 10.6 Å². The van der Waals surface area contributed by atoms with E-state index >= 15 is 0 Å². The zero-order valence-corrected chi connectivity index (χ0v) is 14.4. The molecule has 1 unspecified atom stereocenters. The Labute approximate surface area is 144 Å². The van der Waals surface area contributed by atoms with E-state index in [2.05, 4.69) is 15.6 Å². The highest BCUT2D eigenvalue weighted by Gasteiger charge is 2.34. The van der Waals surface area contributed by atoms with Crippen LogP contribution in [0.25, 0.3) is 0 Å². The van der Waals surface area contributed by atoms with Crippen molar-refractivity contribution in [3.8, 4) is 5.75 Å². The second-order valence-corrected chi connectivity index (χ2v) is 6.32. The monoisotopic (exact) mass is 335 g/mol. The van der Waals surface area contributed by atoms with Gasteiger partial charge < -0.3 is 25.6 Å². The Morgan fingerprint density at radius 1 is 1.38 bits per heavy atom. The van der Waals surface area contributed by atoms with Crippen LogP contribution in [-0.2, 0) is 11.2 Å². The molecule has 1 aromatic carbocycles. The number of hydrogen-bond acceptors (Lipinski definition) is 4. The minimum Gasteiger partial charge on any atom is -0.508 e. The average molecular weight is 335 g/mol. The largest absolute Gasteiger partial charge is 0.508 e. The summed E-state index contributed by atoms with van der Waals surface area (Å²) in [6, 6.07) is 7.30. The Bertz CT molecular complexity index is 528. The number of aliphatic imine (C=N–C) groups is 1. The number of guanidine groups is 1. The third kappa shape index (κ3) is 5.69. The maximum Gasteiger partial charge on any atom is 0.191 e. The van der Waals surface area contributed by atoms with E-state index in [0.29, 0.717) is 18.9 Å². The van der Waals surface area contributed by atoms with Gasteiger partial charge in [0, 0.05) is 31.7 Å². The van der Waals surface area contributed by atoms with Crippen LogP contribution in [-0.4, -0.2) is 55.6 Å². The molecule has 2 rings (SSSR count). The normalized spacial score (nSPS) is 21.0. The van der Waals surface area contributed by atoms with Crippen molar-refractivity contribution in [3.05, 3.63) is 29.8 Å². The lowest BCUT2D eigenvalue weighted by atomic mass is 9.84. The van der Waals surface area contributed by atoms with Gasteiger partial charge in [0.1, 0.15) is 5.75 Å².